The van der Waals surface area contributed by atoms with Crippen LogP contribution in [0.25, 0.3) is 16.7 Å². The summed E-state index contributed by atoms with van der Waals surface area (Å²) in [7, 11) is 0. The predicted octanol–water partition coefficient (Wildman–Crippen LogP) is 2.37. The van der Waals surface area contributed by atoms with E-state index in [4.69, 9.17) is 0 Å². The molecule has 1 aromatic carbocycles. The number of para-hydroxylation sites is 1. The van der Waals surface area contributed by atoms with Crippen LogP contribution in [0, 0.1) is 6.92 Å². The summed E-state index contributed by atoms with van der Waals surface area (Å²) in [4.78, 5) is 4.68. The van der Waals surface area contributed by atoms with Gasteiger partial charge in [-0.1, -0.05) is 36.9 Å². The Morgan fingerprint density at radius 1 is 1.39 bits per heavy atom. The highest BCUT2D eigenvalue weighted by Gasteiger charge is 2.02. The summed E-state index contributed by atoms with van der Waals surface area (Å²) in [6.07, 6.45) is 7.97. The third-order valence-corrected chi connectivity index (χ3v) is 3.15. The number of rotatable bonds is 3. The molecule has 0 N–H and O–H groups in total. The summed E-state index contributed by atoms with van der Waals surface area (Å²) in [5.74, 6) is 0.999. The molecular weight excluding hydrogens is 222 g/mol. The Labute approximate surface area is 106 Å². The number of allylic oxidation sites excluding steroid dienone is 1. The van der Waals surface area contributed by atoms with Gasteiger partial charge >= 0.3 is 0 Å². The van der Waals surface area contributed by atoms with Crippen LogP contribution in [-0.4, -0.2) is 4.57 Å². The topological polar surface area (TPSA) is 22.9 Å². The molecule has 18 heavy (non-hydrogen) atoms. The third-order valence-electron chi connectivity index (χ3n) is 3.15. The third kappa shape index (κ3) is 1.64. The van der Waals surface area contributed by atoms with Crippen molar-refractivity contribution in [1.29, 1.82) is 0 Å². The van der Waals surface area contributed by atoms with Gasteiger partial charge in [0.1, 0.15) is 6.54 Å². The molecule has 0 fully saturated rings. The van der Waals surface area contributed by atoms with Gasteiger partial charge in [-0.15, -0.1) is 0 Å². The highest BCUT2D eigenvalue weighted by molar-refractivity contribution is 5.86. The number of hydrogen-bond donors (Lipinski definition) is 0. The first-order valence-electron chi connectivity index (χ1n) is 6.00. The molecule has 3 rings (SSSR count). The normalized spacial score (nSPS) is 10.9. The zero-order chi connectivity index (χ0) is 12.5. The van der Waals surface area contributed by atoms with Gasteiger partial charge in [0.05, 0.1) is 12.5 Å². The van der Waals surface area contributed by atoms with Gasteiger partial charge in [-0.3, -0.25) is 4.57 Å². The van der Waals surface area contributed by atoms with Gasteiger partial charge < -0.3 is 9.55 Å². The van der Waals surface area contributed by atoms with E-state index in [1.807, 2.05) is 43.0 Å². The molecule has 2 heterocycles. The largest absolute Gasteiger partial charge is 0.435 e. The van der Waals surface area contributed by atoms with Crippen molar-refractivity contribution in [1.82, 2.24) is 9.55 Å². The molecular formula is C15H15N3. The van der Waals surface area contributed by atoms with Crippen molar-refractivity contribution in [3.8, 4) is 5.82 Å². The number of aromatic nitrogens is 3. The second kappa shape index (κ2) is 4.18. The first-order chi connectivity index (χ1) is 8.79. The van der Waals surface area contributed by atoms with Gasteiger partial charge in [-0.25, -0.2) is 0 Å². The van der Waals surface area contributed by atoms with E-state index >= 15 is 0 Å². The van der Waals surface area contributed by atoms with Crippen LogP contribution in [0.1, 0.15) is 5.56 Å². The average Bonchev–Trinajstić information content (AvgIpc) is 2.96. The first-order valence-corrected chi connectivity index (χ1v) is 6.00. The summed E-state index contributed by atoms with van der Waals surface area (Å²) in [5, 5.41) is 1.22. The molecule has 0 unspecified atom stereocenters. The lowest BCUT2D eigenvalue weighted by Crippen LogP contribution is -2.29. The van der Waals surface area contributed by atoms with Crippen LogP contribution in [0.2, 0.25) is 0 Å². The molecule has 0 aliphatic heterocycles. The minimum atomic E-state index is 0.812. The van der Waals surface area contributed by atoms with Crippen LogP contribution in [0.4, 0.5) is 0 Å². The van der Waals surface area contributed by atoms with Crippen LogP contribution in [0.5, 0.6) is 0 Å². The van der Waals surface area contributed by atoms with E-state index in [1.54, 1.807) is 0 Å². The Bertz CT molecular complexity index is 703. The van der Waals surface area contributed by atoms with E-state index in [9.17, 15) is 0 Å². The second-order valence-electron chi connectivity index (χ2n) is 4.38. The fourth-order valence-corrected chi connectivity index (χ4v) is 2.23. The van der Waals surface area contributed by atoms with Crippen molar-refractivity contribution < 1.29 is 4.57 Å². The Morgan fingerprint density at radius 2 is 2.22 bits per heavy atom. The van der Waals surface area contributed by atoms with Gasteiger partial charge in [-0.2, -0.15) is 0 Å². The summed E-state index contributed by atoms with van der Waals surface area (Å²) < 4.78 is 4.13. The second-order valence-corrected chi connectivity index (χ2v) is 4.38. The van der Waals surface area contributed by atoms with E-state index in [0.29, 0.717) is 0 Å². The first kappa shape index (κ1) is 10.8. The van der Waals surface area contributed by atoms with Crippen LogP contribution in [0.15, 0.2) is 55.6 Å². The lowest BCUT2D eigenvalue weighted by Gasteiger charge is -2.09. The Balaban J connectivity index is 2.12. The van der Waals surface area contributed by atoms with Crippen LogP contribution >= 0.6 is 0 Å². The maximum absolute atomic E-state index is 4.68. The van der Waals surface area contributed by atoms with E-state index in [2.05, 4.69) is 33.7 Å². The van der Waals surface area contributed by atoms with Crippen LogP contribution in [-0.2, 0) is 6.54 Å². The van der Waals surface area contributed by atoms with Crippen molar-refractivity contribution in [2.24, 2.45) is 0 Å². The summed E-state index contributed by atoms with van der Waals surface area (Å²) >= 11 is 0. The Kier molecular flexibility index (Phi) is 2.52. The number of imidazole rings is 1. The number of hydrogen-bond acceptors (Lipinski definition) is 0. The monoisotopic (exact) mass is 237 g/mol. The number of aryl methyl sites for hydroxylation is 1. The van der Waals surface area contributed by atoms with Crippen molar-refractivity contribution in [3.63, 3.8) is 0 Å². The van der Waals surface area contributed by atoms with Gasteiger partial charge in [0, 0.05) is 0 Å². The molecule has 0 aliphatic carbocycles. The highest BCUT2D eigenvalue weighted by Crippen LogP contribution is 2.22. The van der Waals surface area contributed by atoms with Crippen molar-refractivity contribution in [2.75, 3.05) is 0 Å². The molecule has 0 aliphatic rings. The van der Waals surface area contributed by atoms with Crippen molar-refractivity contribution in [2.45, 2.75) is 13.5 Å². The molecule has 0 bridgehead atoms. The average molecular weight is 237 g/mol. The number of nitrogens with zero attached hydrogens (tertiary/aromatic N) is 3. The van der Waals surface area contributed by atoms with E-state index in [1.165, 1.54) is 10.9 Å². The lowest BCUT2D eigenvalue weighted by atomic mass is 10.2. The maximum Gasteiger partial charge on any atom is 0.104 e. The molecule has 2 aromatic heterocycles. The van der Waals surface area contributed by atoms with Crippen LogP contribution in [0.3, 0.4) is 0 Å². The molecule has 0 atom stereocenters. The zero-order valence-electron chi connectivity index (χ0n) is 10.4. The van der Waals surface area contributed by atoms with Gasteiger partial charge in [0.25, 0.3) is 0 Å². The van der Waals surface area contributed by atoms with E-state index in [0.717, 1.165) is 17.9 Å². The van der Waals surface area contributed by atoms with Crippen molar-refractivity contribution in [3.05, 3.63) is 61.2 Å². The minimum Gasteiger partial charge on any atom is -0.435 e. The maximum atomic E-state index is 4.68. The molecule has 0 radical (unpaired) electrons. The van der Waals surface area contributed by atoms with Gasteiger partial charge in [0.15, 0.2) is 0 Å². The van der Waals surface area contributed by atoms with Crippen LogP contribution < -0.4 is 9.55 Å². The van der Waals surface area contributed by atoms with Gasteiger partial charge in [0.2, 0.25) is 0 Å². The number of fused-ring (bicyclic) bond motifs is 1. The van der Waals surface area contributed by atoms with Crippen molar-refractivity contribution >= 4 is 10.9 Å². The summed E-state index contributed by atoms with van der Waals surface area (Å²) in [6.45, 7) is 6.67. The molecule has 90 valence electrons. The predicted molar refractivity (Wildman–Crippen MR) is 71.7 cm³/mol. The Morgan fingerprint density at radius 3 is 3.00 bits per heavy atom. The number of benzene rings is 1. The standard InChI is InChI=1S/C15H15N3/c1-3-8-17-9-10-18(11-17)15-12(2)13-6-4-5-7-14(13)16-15/h3-7,9-11H,1,8H2,2H3. The minimum absolute atomic E-state index is 0.812. The lowest BCUT2D eigenvalue weighted by molar-refractivity contribution is -0.686. The smallest absolute Gasteiger partial charge is 0.104 e. The summed E-state index contributed by atoms with van der Waals surface area (Å²) in [6, 6.07) is 8.23. The zero-order valence-corrected chi connectivity index (χ0v) is 10.4. The van der Waals surface area contributed by atoms with E-state index < -0.39 is 0 Å². The molecule has 0 saturated carbocycles. The van der Waals surface area contributed by atoms with E-state index in [-0.39, 0.29) is 0 Å². The molecule has 0 amide bonds. The van der Waals surface area contributed by atoms with Gasteiger partial charge in [-0.05, 0) is 35.4 Å². The highest BCUT2D eigenvalue weighted by atomic mass is 15.2. The molecule has 3 nitrogen and oxygen atoms in total. The fourth-order valence-electron chi connectivity index (χ4n) is 2.23. The summed E-state index contributed by atoms with van der Waals surface area (Å²) in [5.41, 5.74) is 2.26. The molecule has 3 aromatic rings. The fraction of sp³-hybridized carbons (Fsp3) is 0.133. The SMILES string of the molecule is C=CC[n+]1ccn(-c2[n-]c3ccccc3c2C)c1. The molecule has 0 spiro atoms. The Hall–Kier alpha value is -2.29. The molecule has 3 heteroatoms. The molecule has 0 saturated heterocycles. The quantitative estimate of drug-likeness (QED) is 0.506.